The van der Waals surface area contributed by atoms with Crippen molar-refractivity contribution < 1.29 is 14.6 Å². The molecule has 0 aliphatic carbocycles. The van der Waals surface area contributed by atoms with Crippen LogP contribution in [0.25, 0.3) is 0 Å². The molecule has 0 spiro atoms. The highest BCUT2D eigenvalue weighted by molar-refractivity contribution is 6.32. The van der Waals surface area contributed by atoms with E-state index >= 15 is 0 Å². The molecule has 0 radical (unpaired) electrons. The average molecular weight is 314 g/mol. The van der Waals surface area contributed by atoms with Gasteiger partial charge in [-0.25, -0.2) is 0 Å². The van der Waals surface area contributed by atoms with Crippen molar-refractivity contribution >= 4 is 11.6 Å². The number of nitrogens with one attached hydrogen (secondary N) is 1. The van der Waals surface area contributed by atoms with Crippen molar-refractivity contribution in [2.45, 2.75) is 25.8 Å². The molecule has 0 fully saturated rings. The molecule has 1 aromatic rings. The quantitative estimate of drug-likeness (QED) is 0.487. The van der Waals surface area contributed by atoms with Gasteiger partial charge in [0, 0.05) is 13.2 Å². The maximum atomic E-state index is 8.71. The van der Waals surface area contributed by atoms with E-state index < -0.39 is 0 Å². The first kappa shape index (κ1) is 17.8. The van der Waals surface area contributed by atoms with Crippen LogP contribution in [0.1, 0.15) is 24.8 Å². The SMILES string of the molecule is C=CCOc1c(Cl)cc(CNCCCCCO)cc1OC. The van der Waals surface area contributed by atoms with E-state index in [9.17, 15) is 0 Å². The van der Waals surface area contributed by atoms with Crippen molar-refractivity contribution in [3.8, 4) is 11.5 Å². The van der Waals surface area contributed by atoms with Crippen molar-refractivity contribution in [1.29, 1.82) is 0 Å². The largest absolute Gasteiger partial charge is 0.493 e. The third-order valence-corrected chi connectivity index (χ3v) is 3.26. The molecule has 0 saturated carbocycles. The Hall–Kier alpha value is -1.23. The Morgan fingerprint density at radius 3 is 2.81 bits per heavy atom. The van der Waals surface area contributed by atoms with Gasteiger partial charge in [-0.05, 0) is 43.5 Å². The zero-order chi connectivity index (χ0) is 15.5. The molecule has 0 unspecified atom stereocenters. The lowest BCUT2D eigenvalue weighted by Gasteiger charge is -2.13. The van der Waals surface area contributed by atoms with Crippen LogP contribution < -0.4 is 14.8 Å². The summed E-state index contributed by atoms with van der Waals surface area (Å²) in [5.74, 6) is 1.17. The lowest BCUT2D eigenvalue weighted by Crippen LogP contribution is -2.15. The molecule has 118 valence electrons. The molecule has 0 saturated heterocycles. The normalized spacial score (nSPS) is 10.4. The Morgan fingerprint density at radius 2 is 2.14 bits per heavy atom. The summed E-state index contributed by atoms with van der Waals surface area (Å²) in [6.07, 6.45) is 4.60. The van der Waals surface area contributed by atoms with Gasteiger partial charge in [-0.15, -0.1) is 0 Å². The number of hydrogen-bond acceptors (Lipinski definition) is 4. The standard InChI is InChI=1S/C16H24ClNO3/c1-3-9-21-16-14(17)10-13(11-15(16)20-2)12-18-7-5-4-6-8-19/h3,10-11,18-19H,1,4-9,12H2,2H3. The van der Waals surface area contributed by atoms with Crippen LogP contribution >= 0.6 is 11.6 Å². The summed E-state index contributed by atoms with van der Waals surface area (Å²) in [4.78, 5) is 0. The van der Waals surface area contributed by atoms with E-state index in [1.54, 1.807) is 13.2 Å². The predicted octanol–water partition coefficient (Wildman–Crippen LogP) is 3.17. The summed E-state index contributed by atoms with van der Waals surface area (Å²) < 4.78 is 10.8. The molecule has 0 aliphatic heterocycles. The molecule has 2 N–H and O–H groups in total. The summed E-state index contributed by atoms with van der Waals surface area (Å²) in [6, 6.07) is 3.80. The Bertz CT molecular complexity index is 438. The average Bonchev–Trinajstić information content (AvgIpc) is 2.49. The second kappa shape index (κ2) is 10.5. The van der Waals surface area contributed by atoms with Crippen LogP contribution in [0.15, 0.2) is 24.8 Å². The van der Waals surface area contributed by atoms with Crippen molar-refractivity contribution in [2.24, 2.45) is 0 Å². The van der Waals surface area contributed by atoms with Crippen molar-refractivity contribution in [1.82, 2.24) is 5.32 Å². The van der Waals surface area contributed by atoms with Crippen LogP contribution in [0.4, 0.5) is 0 Å². The zero-order valence-corrected chi connectivity index (χ0v) is 13.3. The van der Waals surface area contributed by atoms with Crippen LogP contribution in [0.2, 0.25) is 5.02 Å². The van der Waals surface area contributed by atoms with Crippen molar-refractivity contribution in [3.63, 3.8) is 0 Å². The Balaban J connectivity index is 2.55. The highest BCUT2D eigenvalue weighted by Gasteiger charge is 2.11. The van der Waals surface area contributed by atoms with Gasteiger partial charge in [0.15, 0.2) is 11.5 Å². The molecular formula is C16H24ClNO3. The first-order chi connectivity index (χ1) is 10.2. The van der Waals surface area contributed by atoms with E-state index in [0.717, 1.165) is 37.9 Å². The number of unbranched alkanes of at least 4 members (excludes halogenated alkanes) is 2. The Labute approximate surface area is 131 Å². The molecule has 1 rings (SSSR count). The maximum Gasteiger partial charge on any atom is 0.180 e. The van der Waals surface area contributed by atoms with Gasteiger partial charge in [-0.1, -0.05) is 24.3 Å². The molecule has 0 atom stereocenters. The highest BCUT2D eigenvalue weighted by atomic mass is 35.5. The third-order valence-electron chi connectivity index (χ3n) is 2.98. The van der Waals surface area contributed by atoms with Gasteiger partial charge in [0.25, 0.3) is 0 Å². The molecule has 0 heterocycles. The zero-order valence-electron chi connectivity index (χ0n) is 12.5. The van der Waals surface area contributed by atoms with Gasteiger partial charge in [-0.3, -0.25) is 0 Å². The minimum atomic E-state index is 0.263. The number of halogens is 1. The fourth-order valence-electron chi connectivity index (χ4n) is 1.93. The van der Waals surface area contributed by atoms with E-state index in [4.69, 9.17) is 26.2 Å². The minimum Gasteiger partial charge on any atom is -0.493 e. The first-order valence-electron chi connectivity index (χ1n) is 7.14. The second-order valence-corrected chi connectivity index (χ2v) is 5.08. The van der Waals surface area contributed by atoms with Gasteiger partial charge in [0.1, 0.15) is 6.61 Å². The summed E-state index contributed by atoms with van der Waals surface area (Å²) >= 11 is 6.24. The van der Waals surface area contributed by atoms with Gasteiger partial charge >= 0.3 is 0 Å². The van der Waals surface area contributed by atoms with Gasteiger partial charge in [0.2, 0.25) is 0 Å². The number of hydrogen-bond donors (Lipinski definition) is 2. The van der Waals surface area contributed by atoms with Crippen LogP contribution in [-0.2, 0) is 6.54 Å². The van der Waals surface area contributed by atoms with Crippen LogP contribution in [-0.4, -0.2) is 32.0 Å². The summed E-state index contributed by atoms with van der Waals surface area (Å²) in [7, 11) is 1.60. The lowest BCUT2D eigenvalue weighted by molar-refractivity contribution is 0.283. The van der Waals surface area contributed by atoms with E-state index in [2.05, 4.69) is 11.9 Å². The first-order valence-corrected chi connectivity index (χ1v) is 7.52. The summed E-state index contributed by atoms with van der Waals surface area (Å²) in [6.45, 7) is 5.90. The number of benzene rings is 1. The van der Waals surface area contributed by atoms with Gasteiger partial charge in [-0.2, -0.15) is 0 Å². The van der Waals surface area contributed by atoms with E-state index in [1.807, 2.05) is 12.1 Å². The topological polar surface area (TPSA) is 50.7 Å². The molecule has 0 amide bonds. The molecule has 0 aromatic heterocycles. The van der Waals surface area contributed by atoms with Crippen molar-refractivity contribution in [3.05, 3.63) is 35.4 Å². The fraction of sp³-hybridized carbons (Fsp3) is 0.500. The molecule has 5 heteroatoms. The van der Waals surface area contributed by atoms with Crippen LogP contribution in [0.3, 0.4) is 0 Å². The second-order valence-electron chi connectivity index (χ2n) is 4.67. The monoisotopic (exact) mass is 313 g/mol. The minimum absolute atomic E-state index is 0.263. The van der Waals surface area contributed by atoms with E-state index in [-0.39, 0.29) is 6.61 Å². The Morgan fingerprint density at radius 1 is 1.33 bits per heavy atom. The maximum absolute atomic E-state index is 8.71. The van der Waals surface area contributed by atoms with E-state index in [0.29, 0.717) is 23.1 Å². The van der Waals surface area contributed by atoms with E-state index in [1.165, 1.54) is 0 Å². The highest BCUT2D eigenvalue weighted by Crippen LogP contribution is 2.36. The number of aliphatic hydroxyl groups excluding tert-OH is 1. The number of aliphatic hydroxyl groups is 1. The molecule has 21 heavy (non-hydrogen) atoms. The molecule has 4 nitrogen and oxygen atoms in total. The molecular weight excluding hydrogens is 290 g/mol. The number of rotatable bonds is 11. The smallest absolute Gasteiger partial charge is 0.180 e. The van der Waals surface area contributed by atoms with Crippen LogP contribution in [0.5, 0.6) is 11.5 Å². The number of ether oxygens (including phenoxy) is 2. The molecule has 1 aromatic carbocycles. The fourth-order valence-corrected chi connectivity index (χ4v) is 2.22. The van der Waals surface area contributed by atoms with Gasteiger partial charge in [0.05, 0.1) is 12.1 Å². The lowest BCUT2D eigenvalue weighted by atomic mass is 10.2. The Kier molecular flexibility index (Phi) is 8.90. The van der Waals surface area contributed by atoms with Gasteiger partial charge < -0.3 is 19.9 Å². The summed E-state index contributed by atoms with van der Waals surface area (Å²) in [5, 5.41) is 12.6. The van der Waals surface area contributed by atoms with Crippen molar-refractivity contribution in [2.75, 3.05) is 26.9 Å². The predicted molar refractivity (Wildman–Crippen MR) is 86.3 cm³/mol. The molecule has 0 aliphatic rings. The third kappa shape index (κ3) is 6.38. The number of methoxy groups -OCH3 is 1. The van der Waals surface area contributed by atoms with Crippen LogP contribution in [0, 0.1) is 0 Å². The summed E-state index contributed by atoms with van der Waals surface area (Å²) in [5.41, 5.74) is 1.05. The molecule has 0 bridgehead atoms.